The number of nitrogens with zero attached hydrogens (tertiary/aromatic N) is 4. The summed E-state index contributed by atoms with van der Waals surface area (Å²) in [5.74, 6) is -3.43. The molecule has 3 aromatic carbocycles. The predicted octanol–water partition coefficient (Wildman–Crippen LogP) is 6.01. The molecule has 0 radical (unpaired) electrons. The lowest BCUT2D eigenvalue weighted by molar-refractivity contribution is -0.142. The Morgan fingerprint density at radius 3 is 2.27 bits per heavy atom. The number of carbonyl (C=O) groups is 5. The number of likely N-dealkylation sites (N-methyl/N-ethyl adjacent to an activating group) is 1. The van der Waals surface area contributed by atoms with Gasteiger partial charge in [-0.1, -0.05) is 64.1 Å². The summed E-state index contributed by atoms with van der Waals surface area (Å²) in [5, 5.41) is 23.2. The minimum absolute atomic E-state index is 0.0303. The standard InChI is InChI=1S/C49H59N7O7/c1-28-23-42(60)45(33-13-17-43(63-22-21-52)37(26-33)36-24-31(10-16-39(36)57)25-38(55-47(28)61)40(58)9-8-19-50)56(7)48(62)34(18-20-51)27-41(59)44-29(2)53-46(54-30(44)3)32-11-14-35(15-12-32)49(4,5)6/h10-17,24,26,28,34,38,45,57H,8-9,18,20-23,25,27,51-52H2,1-7H3,(H,55,61)/t28-,34-,38+,45+/m1/s1. The molecule has 4 aromatic rings. The molecule has 4 atom stereocenters. The van der Waals surface area contributed by atoms with E-state index in [2.05, 4.69) is 26.1 Å². The SMILES string of the molecule is Cc1nc(-c2ccc(C(C)(C)C)cc2)nc(C)c1C(=O)C[C@@H](CCN)C(=O)N(C)[C@@H]1C(=O)C[C@@H](C)C(=O)N[C@H](C(=O)CCC#N)Cc2ccc(O)c(c2)-c2cc1ccc2OCCN. The number of nitrogens with two attached hydrogens (primary N) is 2. The number of nitrogens with one attached hydrogen (secondary N) is 1. The van der Waals surface area contributed by atoms with Crippen LogP contribution in [0.1, 0.15) is 104 Å². The maximum Gasteiger partial charge on any atom is 0.226 e. The second-order valence-electron chi connectivity index (χ2n) is 17.4. The highest BCUT2D eigenvalue weighted by Gasteiger charge is 2.36. The van der Waals surface area contributed by atoms with Gasteiger partial charge in [-0.2, -0.15) is 5.26 Å². The van der Waals surface area contributed by atoms with Gasteiger partial charge in [0.05, 0.1) is 29.1 Å². The number of nitriles is 1. The number of aromatic nitrogens is 2. The van der Waals surface area contributed by atoms with Gasteiger partial charge >= 0.3 is 0 Å². The Morgan fingerprint density at radius 1 is 0.968 bits per heavy atom. The molecule has 2 heterocycles. The smallest absolute Gasteiger partial charge is 0.226 e. The fraction of sp³-hybridized carbons (Fsp3) is 0.429. The van der Waals surface area contributed by atoms with Crippen molar-refractivity contribution in [3.63, 3.8) is 0 Å². The molecule has 63 heavy (non-hydrogen) atoms. The number of benzene rings is 3. The summed E-state index contributed by atoms with van der Waals surface area (Å²) in [6, 6.07) is 17.4. The summed E-state index contributed by atoms with van der Waals surface area (Å²) in [5.41, 5.74) is 16.7. The molecule has 14 heteroatoms. The van der Waals surface area contributed by atoms with E-state index in [1.165, 1.54) is 18.0 Å². The number of fused-ring (bicyclic) bond motifs is 5. The number of ether oxygens (including phenoxy) is 1. The molecule has 2 amide bonds. The highest BCUT2D eigenvalue weighted by Crippen LogP contribution is 2.40. The highest BCUT2D eigenvalue weighted by atomic mass is 16.5. The molecule has 0 unspecified atom stereocenters. The van der Waals surface area contributed by atoms with Crippen LogP contribution in [-0.2, 0) is 31.0 Å². The highest BCUT2D eigenvalue weighted by molar-refractivity contribution is 6.01. The number of ketones is 3. The van der Waals surface area contributed by atoms with E-state index in [0.717, 1.165) is 11.1 Å². The number of aryl methyl sites for hydroxylation is 2. The van der Waals surface area contributed by atoms with Crippen LogP contribution in [0.15, 0.2) is 60.7 Å². The average molecular weight is 858 g/mol. The first-order chi connectivity index (χ1) is 29.9. The minimum Gasteiger partial charge on any atom is -0.507 e. The van der Waals surface area contributed by atoms with E-state index >= 15 is 0 Å². The minimum atomic E-state index is -1.26. The molecule has 14 nitrogen and oxygen atoms in total. The second-order valence-corrected chi connectivity index (χ2v) is 17.4. The van der Waals surface area contributed by atoms with Crippen LogP contribution in [-0.4, -0.2) is 81.9 Å². The van der Waals surface area contributed by atoms with Crippen molar-refractivity contribution < 1.29 is 33.8 Å². The summed E-state index contributed by atoms with van der Waals surface area (Å²) in [6.45, 7) is 11.9. The van der Waals surface area contributed by atoms with E-state index < -0.39 is 41.5 Å². The van der Waals surface area contributed by atoms with E-state index in [9.17, 15) is 34.3 Å². The molecule has 332 valence electrons. The van der Waals surface area contributed by atoms with Crippen LogP contribution in [0, 0.1) is 37.0 Å². The van der Waals surface area contributed by atoms with Gasteiger partial charge in [0.2, 0.25) is 11.8 Å². The van der Waals surface area contributed by atoms with Crippen molar-refractivity contribution in [1.82, 2.24) is 20.2 Å². The first kappa shape index (κ1) is 47.7. The number of amides is 2. The third-order valence-electron chi connectivity index (χ3n) is 11.5. The number of phenols is 1. The monoisotopic (exact) mass is 857 g/mol. The maximum absolute atomic E-state index is 14.7. The lowest BCUT2D eigenvalue weighted by Gasteiger charge is -2.32. The number of hydrogen-bond donors (Lipinski definition) is 4. The van der Waals surface area contributed by atoms with Crippen LogP contribution >= 0.6 is 0 Å². The fourth-order valence-corrected chi connectivity index (χ4v) is 8.05. The van der Waals surface area contributed by atoms with Crippen LogP contribution in [0.2, 0.25) is 0 Å². The Morgan fingerprint density at radius 2 is 1.65 bits per heavy atom. The number of phenolic OH excluding ortho intramolecular Hbond substituents is 1. The summed E-state index contributed by atoms with van der Waals surface area (Å²) in [6.07, 6.45) is -0.491. The topological polar surface area (TPSA) is 232 Å². The van der Waals surface area contributed by atoms with Crippen LogP contribution in [0.4, 0.5) is 0 Å². The van der Waals surface area contributed by atoms with Gasteiger partial charge in [0.15, 0.2) is 23.2 Å². The summed E-state index contributed by atoms with van der Waals surface area (Å²) in [4.78, 5) is 81.2. The quantitative estimate of drug-likeness (QED) is 0.107. The Kier molecular flexibility index (Phi) is 15.7. The van der Waals surface area contributed by atoms with Crippen molar-refractivity contribution in [2.24, 2.45) is 23.3 Å². The zero-order valence-electron chi connectivity index (χ0n) is 37.3. The first-order valence-corrected chi connectivity index (χ1v) is 21.4. The molecule has 0 spiro atoms. The molecular weight excluding hydrogens is 799 g/mol. The van der Waals surface area contributed by atoms with E-state index in [1.54, 1.807) is 51.1 Å². The lowest BCUT2D eigenvalue weighted by atomic mass is 9.86. The summed E-state index contributed by atoms with van der Waals surface area (Å²) in [7, 11) is 1.48. The Labute approximate surface area is 369 Å². The first-order valence-electron chi connectivity index (χ1n) is 21.4. The van der Waals surface area contributed by atoms with Crippen molar-refractivity contribution in [3.8, 4) is 40.1 Å². The van der Waals surface area contributed by atoms with Crippen molar-refractivity contribution in [2.45, 2.75) is 97.6 Å². The molecule has 6 N–H and O–H groups in total. The molecule has 0 fully saturated rings. The molecule has 1 aromatic heterocycles. The van der Waals surface area contributed by atoms with Crippen LogP contribution in [0.5, 0.6) is 11.5 Å². The normalized spacial score (nSPS) is 17.2. The number of rotatable bonds is 14. The van der Waals surface area contributed by atoms with Crippen LogP contribution in [0.3, 0.4) is 0 Å². The number of hydrogen-bond acceptors (Lipinski definition) is 12. The van der Waals surface area contributed by atoms with Crippen molar-refractivity contribution >= 4 is 29.2 Å². The summed E-state index contributed by atoms with van der Waals surface area (Å²) < 4.78 is 6.01. The molecular formula is C49H59N7O7. The molecule has 0 aliphatic carbocycles. The van der Waals surface area contributed by atoms with Gasteiger partial charge in [0.25, 0.3) is 0 Å². The van der Waals surface area contributed by atoms with Gasteiger partial charge in [-0.15, -0.1) is 0 Å². The van der Waals surface area contributed by atoms with Gasteiger partial charge in [0.1, 0.15) is 24.1 Å². The van der Waals surface area contributed by atoms with E-state index in [-0.39, 0.29) is 81.0 Å². The second kappa shape index (κ2) is 20.7. The van der Waals surface area contributed by atoms with Crippen LogP contribution < -0.4 is 21.5 Å². The third-order valence-corrected chi connectivity index (χ3v) is 11.5. The zero-order chi connectivity index (χ0) is 46.2. The van der Waals surface area contributed by atoms with Gasteiger partial charge in [-0.05, 0) is 79.6 Å². The zero-order valence-corrected chi connectivity index (χ0v) is 37.3. The molecule has 4 bridgehead atoms. The van der Waals surface area contributed by atoms with Gasteiger partial charge in [-0.25, -0.2) is 9.97 Å². The molecule has 0 saturated heterocycles. The number of Topliss-reactive ketones (excluding diaryl/α,β-unsaturated/α-hetero) is 3. The largest absolute Gasteiger partial charge is 0.507 e. The van der Waals surface area contributed by atoms with Crippen LogP contribution in [0.25, 0.3) is 22.5 Å². The van der Waals surface area contributed by atoms with Crippen molar-refractivity contribution in [1.29, 1.82) is 5.26 Å². The predicted molar refractivity (Wildman–Crippen MR) is 240 cm³/mol. The van der Waals surface area contributed by atoms with Gasteiger partial charge in [-0.3, -0.25) is 24.0 Å². The van der Waals surface area contributed by atoms with E-state index in [1.807, 2.05) is 30.3 Å². The fourth-order valence-electron chi connectivity index (χ4n) is 8.05. The average Bonchev–Trinajstić information content (AvgIpc) is 3.24. The van der Waals surface area contributed by atoms with Crippen molar-refractivity contribution in [3.05, 3.63) is 94.3 Å². The Bertz CT molecular complexity index is 2380. The molecule has 1 aliphatic heterocycles. The van der Waals surface area contributed by atoms with Gasteiger partial charge in [0, 0.05) is 67.8 Å². The number of carbonyl (C=O) groups excluding carboxylic acids is 5. The molecule has 5 rings (SSSR count). The summed E-state index contributed by atoms with van der Waals surface area (Å²) >= 11 is 0. The third kappa shape index (κ3) is 11.4. The van der Waals surface area contributed by atoms with E-state index in [0.29, 0.717) is 50.8 Å². The van der Waals surface area contributed by atoms with E-state index in [4.69, 9.17) is 26.2 Å². The molecule has 1 aliphatic rings. The molecule has 0 saturated carbocycles. The Balaban J connectivity index is 1.53. The maximum atomic E-state index is 14.7. The Hall–Kier alpha value is -6.30. The lowest BCUT2D eigenvalue weighted by Crippen LogP contribution is -2.46. The van der Waals surface area contributed by atoms with Gasteiger partial charge < -0.3 is 31.5 Å². The van der Waals surface area contributed by atoms with Crippen molar-refractivity contribution in [2.75, 3.05) is 26.7 Å². The number of aromatic hydroxyl groups is 1.